The van der Waals surface area contributed by atoms with Gasteiger partial charge in [-0.1, -0.05) is 60.1 Å². The lowest BCUT2D eigenvalue weighted by Gasteiger charge is -2.08. The molecule has 3 nitrogen and oxygen atoms in total. The Kier molecular flexibility index (Phi) is 8.40. The number of para-hydroxylation sites is 1. The highest BCUT2D eigenvalue weighted by molar-refractivity contribution is 8.93. The van der Waals surface area contributed by atoms with Crippen LogP contribution in [0.2, 0.25) is 4.34 Å². The number of aryl methyl sites for hydroxylation is 1. The summed E-state index contributed by atoms with van der Waals surface area (Å²) in [7, 11) is 0. The van der Waals surface area contributed by atoms with Crippen molar-refractivity contribution in [1.29, 1.82) is 0 Å². The number of rotatable bonds is 7. The van der Waals surface area contributed by atoms with Gasteiger partial charge < -0.3 is 9.30 Å². The van der Waals surface area contributed by atoms with E-state index in [1.807, 2.05) is 66.7 Å². The van der Waals surface area contributed by atoms with Gasteiger partial charge >= 0.3 is 0 Å². The fourth-order valence-corrected chi connectivity index (χ4v) is 5.58. The van der Waals surface area contributed by atoms with E-state index in [1.54, 1.807) is 22.7 Å². The Balaban J connectivity index is 0.00000274. The van der Waals surface area contributed by atoms with Gasteiger partial charge in [-0.05, 0) is 60.5 Å². The zero-order chi connectivity index (χ0) is 22.5. The van der Waals surface area contributed by atoms with Gasteiger partial charge in [-0.25, -0.2) is 4.99 Å². The first-order chi connectivity index (χ1) is 16.2. The van der Waals surface area contributed by atoms with E-state index in [0.717, 1.165) is 49.9 Å². The molecule has 172 valence electrons. The third kappa shape index (κ3) is 6.07. The van der Waals surface area contributed by atoms with Crippen molar-refractivity contribution in [3.63, 3.8) is 0 Å². The standard InChI is InChI=1S/C27H21ClN2OS2.BrH/c28-26-16-15-25(33-26)24-19-32-27(30(24)18-17-20-7-3-1-4-8-20)29-21-11-13-23(14-12-21)31-22-9-5-2-6-10-22;/h1-16,19H,17-18H2;1H. The molecule has 0 unspecified atom stereocenters. The van der Waals surface area contributed by atoms with Crippen molar-refractivity contribution < 1.29 is 4.74 Å². The molecule has 2 aromatic heterocycles. The van der Waals surface area contributed by atoms with Crippen molar-refractivity contribution in [3.8, 4) is 22.1 Å². The number of thiophene rings is 1. The van der Waals surface area contributed by atoms with E-state index in [4.69, 9.17) is 21.3 Å². The molecule has 3 aromatic carbocycles. The molecular formula is C27H22BrClN2OS2. The van der Waals surface area contributed by atoms with E-state index in [0.29, 0.717) is 0 Å². The van der Waals surface area contributed by atoms with Gasteiger partial charge in [0.2, 0.25) is 0 Å². The van der Waals surface area contributed by atoms with Gasteiger partial charge in [-0.3, -0.25) is 0 Å². The molecule has 0 amide bonds. The first kappa shape index (κ1) is 24.5. The molecule has 5 rings (SSSR count). The number of hydrogen-bond donors (Lipinski definition) is 0. The number of hydrogen-bond acceptors (Lipinski definition) is 4. The van der Waals surface area contributed by atoms with E-state index in [1.165, 1.54) is 5.56 Å². The second kappa shape index (κ2) is 11.7. The predicted molar refractivity (Wildman–Crippen MR) is 149 cm³/mol. The van der Waals surface area contributed by atoms with Crippen molar-refractivity contribution in [2.24, 2.45) is 4.99 Å². The molecule has 5 aromatic rings. The van der Waals surface area contributed by atoms with E-state index < -0.39 is 0 Å². The van der Waals surface area contributed by atoms with Crippen LogP contribution in [-0.4, -0.2) is 4.57 Å². The van der Waals surface area contributed by atoms with Gasteiger partial charge in [0.25, 0.3) is 0 Å². The molecular weight excluding hydrogens is 548 g/mol. The molecule has 0 fully saturated rings. The number of nitrogens with zero attached hydrogens (tertiary/aromatic N) is 2. The average Bonchev–Trinajstić information content (AvgIpc) is 3.46. The van der Waals surface area contributed by atoms with E-state index in [-0.39, 0.29) is 17.0 Å². The number of benzene rings is 3. The molecule has 7 heteroatoms. The maximum Gasteiger partial charge on any atom is 0.190 e. The summed E-state index contributed by atoms with van der Waals surface area (Å²) in [5.74, 6) is 1.61. The molecule has 0 N–H and O–H groups in total. The molecule has 0 atom stereocenters. The van der Waals surface area contributed by atoms with Crippen molar-refractivity contribution in [2.75, 3.05) is 0 Å². The van der Waals surface area contributed by atoms with Crippen molar-refractivity contribution in [2.45, 2.75) is 13.0 Å². The summed E-state index contributed by atoms with van der Waals surface area (Å²) in [5.41, 5.74) is 3.34. The van der Waals surface area contributed by atoms with Crippen molar-refractivity contribution in [3.05, 3.63) is 117 Å². The Morgan fingerprint density at radius 1 is 0.794 bits per heavy atom. The Labute approximate surface area is 222 Å². The summed E-state index contributed by atoms with van der Waals surface area (Å²) in [6, 6.07) is 32.2. The van der Waals surface area contributed by atoms with Crippen LogP contribution < -0.4 is 9.54 Å². The third-order valence-electron chi connectivity index (χ3n) is 5.13. The van der Waals surface area contributed by atoms with Crippen LogP contribution in [0.15, 0.2) is 107 Å². The van der Waals surface area contributed by atoms with Crippen molar-refractivity contribution >= 4 is 56.9 Å². The third-order valence-corrected chi connectivity index (χ3v) is 7.25. The summed E-state index contributed by atoms with van der Waals surface area (Å²) in [6.45, 7) is 0.840. The first-order valence-electron chi connectivity index (χ1n) is 10.6. The Hall–Kier alpha value is -2.64. The smallest absolute Gasteiger partial charge is 0.190 e. The lowest BCUT2D eigenvalue weighted by atomic mass is 10.1. The molecule has 0 bridgehead atoms. The maximum absolute atomic E-state index is 6.22. The lowest BCUT2D eigenvalue weighted by molar-refractivity contribution is 0.483. The topological polar surface area (TPSA) is 26.5 Å². The largest absolute Gasteiger partial charge is 0.457 e. The highest BCUT2D eigenvalue weighted by atomic mass is 79.9. The monoisotopic (exact) mass is 568 g/mol. The van der Waals surface area contributed by atoms with Gasteiger partial charge in [0, 0.05) is 11.9 Å². The van der Waals surface area contributed by atoms with Gasteiger partial charge in [-0.15, -0.1) is 39.7 Å². The van der Waals surface area contributed by atoms with E-state index in [9.17, 15) is 0 Å². The molecule has 0 radical (unpaired) electrons. The lowest BCUT2D eigenvalue weighted by Crippen LogP contribution is -2.17. The van der Waals surface area contributed by atoms with E-state index >= 15 is 0 Å². The summed E-state index contributed by atoms with van der Waals surface area (Å²) < 4.78 is 8.98. The van der Waals surface area contributed by atoms with Crippen LogP contribution in [0.5, 0.6) is 11.5 Å². The molecule has 0 saturated carbocycles. The molecule has 0 aliphatic carbocycles. The molecule has 0 spiro atoms. The maximum atomic E-state index is 6.22. The average molecular weight is 570 g/mol. The summed E-state index contributed by atoms with van der Waals surface area (Å²) in [6.07, 6.45) is 0.931. The van der Waals surface area contributed by atoms with Crippen LogP contribution in [0.3, 0.4) is 0 Å². The number of halogens is 2. The van der Waals surface area contributed by atoms with Crippen LogP contribution in [0.4, 0.5) is 5.69 Å². The molecule has 0 saturated heterocycles. The minimum Gasteiger partial charge on any atom is -0.457 e. The fourth-order valence-electron chi connectivity index (χ4n) is 3.49. The number of thiazole rings is 1. The summed E-state index contributed by atoms with van der Waals surface area (Å²) in [4.78, 5) is 7.06. The van der Waals surface area contributed by atoms with E-state index in [2.05, 4.69) is 40.3 Å². The Bertz CT molecular complexity index is 1390. The van der Waals surface area contributed by atoms with Crippen LogP contribution in [0.25, 0.3) is 10.6 Å². The Morgan fingerprint density at radius 3 is 2.15 bits per heavy atom. The van der Waals surface area contributed by atoms with Gasteiger partial charge in [0.05, 0.1) is 20.6 Å². The number of aromatic nitrogens is 1. The Morgan fingerprint density at radius 2 is 1.47 bits per heavy atom. The minimum absolute atomic E-state index is 0. The van der Waals surface area contributed by atoms with Gasteiger partial charge in [-0.2, -0.15) is 0 Å². The SMILES string of the molecule is Br.Clc1ccc(-c2csc(=Nc3ccc(Oc4ccccc4)cc3)n2CCc2ccccc2)s1. The van der Waals surface area contributed by atoms with Gasteiger partial charge in [0.1, 0.15) is 11.5 Å². The fraction of sp³-hybridized carbons (Fsp3) is 0.0741. The highest BCUT2D eigenvalue weighted by Crippen LogP contribution is 2.32. The number of ether oxygens (including phenoxy) is 1. The molecule has 0 aliphatic rings. The minimum atomic E-state index is 0. The highest BCUT2D eigenvalue weighted by Gasteiger charge is 2.11. The molecule has 0 aliphatic heterocycles. The molecule has 2 heterocycles. The summed E-state index contributed by atoms with van der Waals surface area (Å²) >= 11 is 9.46. The zero-order valence-electron chi connectivity index (χ0n) is 18.1. The summed E-state index contributed by atoms with van der Waals surface area (Å²) in [5, 5.41) is 2.17. The van der Waals surface area contributed by atoms with Crippen LogP contribution in [-0.2, 0) is 13.0 Å². The van der Waals surface area contributed by atoms with Crippen molar-refractivity contribution in [1.82, 2.24) is 4.57 Å². The normalized spacial score (nSPS) is 11.3. The quantitative estimate of drug-likeness (QED) is 0.192. The molecule has 34 heavy (non-hydrogen) atoms. The van der Waals surface area contributed by atoms with Crippen LogP contribution in [0.1, 0.15) is 5.56 Å². The predicted octanol–water partition coefficient (Wildman–Crippen LogP) is 8.78. The second-order valence-corrected chi connectivity index (χ2v) is 9.97. The second-order valence-electron chi connectivity index (χ2n) is 7.42. The van der Waals surface area contributed by atoms with Crippen LogP contribution in [0, 0.1) is 0 Å². The van der Waals surface area contributed by atoms with Crippen LogP contribution >= 0.6 is 51.3 Å². The zero-order valence-corrected chi connectivity index (χ0v) is 22.2. The first-order valence-corrected chi connectivity index (χ1v) is 12.7. The van der Waals surface area contributed by atoms with Gasteiger partial charge in [0.15, 0.2) is 4.80 Å².